The predicted molar refractivity (Wildman–Crippen MR) is 44.1 cm³/mol. The summed E-state index contributed by atoms with van der Waals surface area (Å²) in [5.74, 6) is 0.0625. The van der Waals surface area contributed by atoms with Gasteiger partial charge in [-0.15, -0.1) is 4.80 Å². The lowest BCUT2D eigenvalue weighted by Crippen LogP contribution is -2.05. The van der Waals surface area contributed by atoms with Gasteiger partial charge in [0, 0.05) is 6.20 Å². The number of rotatable bonds is 2. The van der Waals surface area contributed by atoms with Crippen LogP contribution in [0.15, 0.2) is 30.7 Å². The van der Waals surface area contributed by atoms with Crippen LogP contribution in [0.4, 0.5) is 8.78 Å². The smallest absolute Gasteiger partial charge is 0.235 e. The Morgan fingerprint density at radius 3 is 2.50 bits per heavy atom. The summed E-state index contributed by atoms with van der Waals surface area (Å²) in [5, 5.41) is 7.48. The van der Waals surface area contributed by atoms with Crippen LogP contribution in [0.5, 0.6) is 0 Å². The monoisotopic (exact) mass is 196 g/mol. The van der Waals surface area contributed by atoms with Crippen molar-refractivity contribution in [2.75, 3.05) is 0 Å². The van der Waals surface area contributed by atoms with Gasteiger partial charge in [0.2, 0.25) is 0 Å². The lowest BCUT2D eigenvalue weighted by Gasteiger charge is -2.04. The maximum absolute atomic E-state index is 12.5. The Balaban J connectivity index is 2.53. The quantitative estimate of drug-likeness (QED) is 0.732. The van der Waals surface area contributed by atoms with E-state index in [1.165, 1.54) is 30.7 Å². The first-order valence-electron chi connectivity index (χ1n) is 3.89. The van der Waals surface area contributed by atoms with Gasteiger partial charge in [-0.1, -0.05) is 0 Å². The van der Waals surface area contributed by atoms with Gasteiger partial charge >= 0.3 is 0 Å². The lowest BCUT2D eigenvalue weighted by atomic mass is 10.3. The molecule has 2 aromatic heterocycles. The third kappa shape index (κ3) is 1.46. The summed E-state index contributed by atoms with van der Waals surface area (Å²) in [7, 11) is 0. The Kier molecular flexibility index (Phi) is 2.18. The van der Waals surface area contributed by atoms with Crippen LogP contribution in [0, 0.1) is 0 Å². The molecule has 0 N–H and O–H groups in total. The highest BCUT2D eigenvalue weighted by Crippen LogP contribution is 2.22. The third-order valence-electron chi connectivity index (χ3n) is 1.66. The van der Waals surface area contributed by atoms with Crippen molar-refractivity contribution < 1.29 is 8.78 Å². The van der Waals surface area contributed by atoms with E-state index in [2.05, 4.69) is 15.2 Å². The molecule has 72 valence electrons. The molecule has 0 aromatic carbocycles. The number of hydrogen-bond donors (Lipinski definition) is 0. The van der Waals surface area contributed by atoms with Gasteiger partial charge in [-0.2, -0.15) is 10.2 Å². The molecule has 0 unspecified atom stereocenters. The van der Waals surface area contributed by atoms with Gasteiger partial charge < -0.3 is 0 Å². The summed E-state index contributed by atoms with van der Waals surface area (Å²) in [6.07, 6.45) is 1.66. The van der Waals surface area contributed by atoms with E-state index in [-0.39, 0.29) is 11.4 Å². The zero-order chi connectivity index (χ0) is 9.97. The van der Waals surface area contributed by atoms with Crippen LogP contribution in [0.25, 0.3) is 5.82 Å². The SMILES string of the molecule is FC(F)c1cccnc1-n1nccn1. The molecule has 0 aliphatic rings. The highest BCUT2D eigenvalue weighted by atomic mass is 19.3. The average molecular weight is 196 g/mol. The summed E-state index contributed by atoms with van der Waals surface area (Å²) in [6.45, 7) is 0. The van der Waals surface area contributed by atoms with Crippen molar-refractivity contribution in [3.05, 3.63) is 36.3 Å². The molecule has 6 heteroatoms. The molecule has 0 atom stereocenters. The van der Waals surface area contributed by atoms with Gasteiger partial charge in [0.15, 0.2) is 5.82 Å². The molecule has 2 heterocycles. The predicted octanol–water partition coefficient (Wildman–Crippen LogP) is 1.60. The Morgan fingerprint density at radius 2 is 1.86 bits per heavy atom. The van der Waals surface area contributed by atoms with Crippen LogP contribution < -0.4 is 0 Å². The van der Waals surface area contributed by atoms with Gasteiger partial charge in [-0.05, 0) is 12.1 Å². The summed E-state index contributed by atoms with van der Waals surface area (Å²) in [4.78, 5) is 4.87. The number of halogens is 2. The Hall–Kier alpha value is -1.85. The van der Waals surface area contributed by atoms with Crippen LogP contribution >= 0.6 is 0 Å². The molecule has 0 spiro atoms. The van der Waals surface area contributed by atoms with Crippen molar-refractivity contribution in [1.29, 1.82) is 0 Å². The van der Waals surface area contributed by atoms with E-state index in [1.54, 1.807) is 0 Å². The fourth-order valence-electron chi connectivity index (χ4n) is 1.07. The number of aromatic nitrogens is 4. The number of alkyl halides is 2. The second-order valence-corrected chi connectivity index (χ2v) is 2.54. The standard InChI is InChI=1S/C8H6F2N4/c9-7(10)6-2-1-3-11-8(6)14-12-4-5-13-14/h1-5,7H. The molecule has 4 nitrogen and oxygen atoms in total. The molecule has 2 rings (SSSR count). The molecule has 0 amide bonds. The largest absolute Gasteiger partial charge is 0.267 e. The fourth-order valence-corrected chi connectivity index (χ4v) is 1.07. The molecule has 0 fully saturated rings. The Labute approximate surface area is 78.2 Å². The lowest BCUT2D eigenvalue weighted by molar-refractivity contribution is 0.150. The first-order valence-corrected chi connectivity index (χ1v) is 3.89. The van der Waals surface area contributed by atoms with Crippen LogP contribution in [-0.2, 0) is 0 Å². The van der Waals surface area contributed by atoms with Crippen molar-refractivity contribution in [3.63, 3.8) is 0 Å². The minimum atomic E-state index is -2.58. The first kappa shape index (κ1) is 8.74. The van der Waals surface area contributed by atoms with E-state index in [0.717, 1.165) is 4.80 Å². The number of pyridine rings is 1. The number of hydrogen-bond acceptors (Lipinski definition) is 3. The highest BCUT2D eigenvalue weighted by Gasteiger charge is 2.15. The maximum Gasteiger partial charge on any atom is 0.267 e. The van der Waals surface area contributed by atoms with Crippen LogP contribution in [-0.4, -0.2) is 20.0 Å². The summed E-state index contributed by atoms with van der Waals surface area (Å²) in [6, 6.07) is 2.75. The normalized spacial score (nSPS) is 10.8. The second-order valence-electron chi connectivity index (χ2n) is 2.54. The second kappa shape index (κ2) is 3.49. The van der Waals surface area contributed by atoms with Gasteiger partial charge in [0.1, 0.15) is 0 Å². The Morgan fingerprint density at radius 1 is 1.14 bits per heavy atom. The van der Waals surface area contributed by atoms with Crippen LogP contribution in [0.2, 0.25) is 0 Å². The third-order valence-corrected chi connectivity index (χ3v) is 1.66. The van der Waals surface area contributed by atoms with Crippen molar-refractivity contribution >= 4 is 0 Å². The van der Waals surface area contributed by atoms with E-state index in [1.807, 2.05) is 0 Å². The molecule has 0 radical (unpaired) electrons. The molecule has 0 aliphatic heterocycles. The minimum Gasteiger partial charge on any atom is -0.235 e. The Bertz CT molecular complexity index is 413. The van der Waals surface area contributed by atoms with E-state index < -0.39 is 6.43 Å². The topological polar surface area (TPSA) is 43.6 Å². The van der Waals surface area contributed by atoms with Crippen molar-refractivity contribution in [2.45, 2.75) is 6.43 Å². The minimum absolute atomic E-state index is 0.0625. The summed E-state index contributed by atoms with van der Waals surface area (Å²) in [5.41, 5.74) is -0.177. The number of nitrogens with zero attached hydrogens (tertiary/aromatic N) is 4. The zero-order valence-corrected chi connectivity index (χ0v) is 7.01. The molecular weight excluding hydrogens is 190 g/mol. The van der Waals surface area contributed by atoms with Crippen molar-refractivity contribution in [3.8, 4) is 5.82 Å². The first-order chi connectivity index (χ1) is 6.79. The molecule has 2 aromatic rings. The van der Waals surface area contributed by atoms with E-state index >= 15 is 0 Å². The molecule has 0 bridgehead atoms. The van der Waals surface area contributed by atoms with E-state index in [9.17, 15) is 8.78 Å². The fraction of sp³-hybridized carbons (Fsp3) is 0.125. The van der Waals surface area contributed by atoms with Crippen LogP contribution in [0.3, 0.4) is 0 Å². The molecular formula is C8H6F2N4. The molecule has 0 aliphatic carbocycles. The summed E-state index contributed by atoms with van der Waals surface area (Å²) >= 11 is 0. The maximum atomic E-state index is 12.5. The van der Waals surface area contributed by atoms with Crippen molar-refractivity contribution in [1.82, 2.24) is 20.0 Å². The molecule has 14 heavy (non-hydrogen) atoms. The van der Waals surface area contributed by atoms with Crippen molar-refractivity contribution in [2.24, 2.45) is 0 Å². The zero-order valence-electron chi connectivity index (χ0n) is 7.01. The summed E-state index contributed by atoms with van der Waals surface area (Å²) < 4.78 is 25.0. The van der Waals surface area contributed by atoms with Gasteiger partial charge in [0.05, 0.1) is 18.0 Å². The van der Waals surface area contributed by atoms with Crippen LogP contribution in [0.1, 0.15) is 12.0 Å². The highest BCUT2D eigenvalue weighted by molar-refractivity contribution is 5.32. The molecule has 0 saturated carbocycles. The molecule has 0 saturated heterocycles. The van der Waals surface area contributed by atoms with E-state index in [0.29, 0.717) is 0 Å². The van der Waals surface area contributed by atoms with Gasteiger partial charge in [-0.3, -0.25) is 0 Å². The van der Waals surface area contributed by atoms with E-state index in [4.69, 9.17) is 0 Å². The van der Waals surface area contributed by atoms with Gasteiger partial charge in [0.25, 0.3) is 6.43 Å². The average Bonchev–Trinajstić information content (AvgIpc) is 2.70. The van der Waals surface area contributed by atoms with Gasteiger partial charge in [-0.25, -0.2) is 13.8 Å².